The molecule has 0 bridgehead atoms. The SMILES string of the molecule is COc1cc(C=C2CCCCN3C2=NOC[C@H]3c2cc(F)c(F)c(F)c2)ccc1-n1cnc(C)c1. The van der Waals surface area contributed by atoms with Crippen LogP contribution in [-0.2, 0) is 4.84 Å². The Kier molecular flexibility index (Phi) is 6.23. The fourth-order valence-electron chi connectivity index (χ4n) is 4.61. The Morgan fingerprint density at radius 2 is 1.91 bits per heavy atom. The lowest BCUT2D eigenvalue weighted by Crippen LogP contribution is -2.40. The molecule has 1 atom stereocenters. The first-order valence-electron chi connectivity index (χ1n) is 11.5. The van der Waals surface area contributed by atoms with Crippen molar-refractivity contribution in [1.29, 1.82) is 0 Å². The van der Waals surface area contributed by atoms with Crippen LogP contribution in [0.2, 0.25) is 0 Å². The van der Waals surface area contributed by atoms with Crippen molar-refractivity contribution in [2.24, 2.45) is 5.16 Å². The minimum Gasteiger partial charge on any atom is -0.495 e. The van der Waals surface area contributed by atoms with Gasteiger partial charge in [0.15, 0.2) is 23.3 Å². The van der Waals surface area contributed by atoms with Crippen molar-refractivity contribution < 1.29 is 22.7 Å². The molecule has 9 heteroatoms. The van der Waals surface area contributed by atoms with Crippen LogP contribution in [0.4, 0.5) is 13.2 Å². The van der Waals surface area contributed by atoms with E-state index in [2.05, 4.69) is 10.1 Å². The fraction of sp³-hybridized carbons (Fsp3) is 0.308. The van der Waals surface area contributed by atoms with Gasteiger partial charge >= 0.3 is 0 Å². The van der Waals surface area contributed by atoms with Crippen LogP contribution in [0.5, 0.6) is 5.75 Å². The van der Waals surface area contributed by atoms with E-state index in [1.54, 1.807) is 13.4 Å². The van der Waals surface area contributed by atoms with Gasteiger partial charge in [0.05, 0.1) is 30.9 Å². The Morgan fingerprint density at radius 1 is 1.11 bits per heavy atom. The van der Waals surface area contributed by atoms with E-state index < -0.39 is 23.5 Å². The summed E-state index contributed by atoms with van der Waals surface area (Å²) in [7, 11) is 1.62. The number of benzene rings is 2. The molecule has 0 amide bonds. The number of ether oxygens (including phenoxy) is 1. The van der Waals surface area contributed by atoms with Crippen LogP contribution in [0.1, 0.15) is 42.1 Å². The number of halogens is 3. The average molecular weight is 483 g/mol. The van der Waals surface area contributed by atoms with Gasteiger partial charge < -0.3 is 19.0 Å². The van der Waals surface area contributed by atoms with E-state index in [1.165, 1.54) is 0 Å². The van der Waals surface area contributed by atoms with Gasteiger partial charge in [-0.3, -0.25) is 0 Å². The van der Waals surface area contributed by atoms with Gasteiger partial charge in [-0.1, -0.05) is 11.2 Å². The molecule has 3 aromatic rings. The van der Waals surface area contributed by atoms with E-state index in [-0.39, 0.29) is 6.61 Å². The third-order valence-electron chi connectivity index (χ3n) is 6.34. The maximum absolute atomic E-state index is 14.0. The van der Waals surface area contributed by atoms with Crippen LogP contribution in [0, 0.1) is 24.4 Å². The zero-order valence-electron chi connectivity index (χ0n) is 19.5. The highest BCUT2D eigenvalue weighted by Gasteiger charge is 2.33. The summed E-state index contributed by atoms with van der Waals surface area (Å²) in [5.74, 6) is -2.58. The maximum atomic E-state index is 14.0. The van der Waals surface area contributed by atoms with E-state index in [0.29, 0.717) is 23.7 Å². The van der Waals surface area contributed by atoms with Crippen molar-refractivity contribution in [1.82, 2.24) is 14.5 Å². The summed E-state index contributed by atoms with van der Waals surface area (Å²) < 4.78 is 49.0. The van der Waals surface area contributed by atoms with Gasteiger partial charge in [0.1, 0.15) is 12.4 Å². The standard InChI is InChI=1S/C26H25F3N4O2/c1-16-13-32(15-30-16)22-7-6-17(10-24(22)34-2)9-18-5-3-4-8-33-23(14-35-31-26(18)33)19-11-20(27)25(29)21(28)12-19/h6-7,9-13,15,23H,3-5,8,14H2,1-2H3/t23-/m0/s1. The van der Waals surface area contributed by atoms with Gasteiger partial charge in [0.25, 0.3) is 0 Å². The lowest BCUT2D eigenvalue weighted by Gasteiger charge is -2.36. The normalized spacial score (nSPS) is 19.1. The number of imidazole rings is 1. The minimum atomic E-state index is -1.47. The first-order chi connectivity index (χ1) is 16.9. The molecule has 0 unspecified atom stereocenters. The molecule has 0 saturated carbocycles. The maximum Gasteiger partial charge on any atom is 0.194 e. The molecule has 0 N–H and O–H groups in total. The molecule has 2 aliphatic heterocycles. The van der Waals surface area contributed by atoms with Gasteiger partial charge in [0, 0.05) is 12.7 Å². The van der Waals surface area contributed by atoms with Gasteiger partial charge in [-0.25, -0.2) is 18.2 Å². The summed E-state index contributed by atoms with van der Waals surface area (Å²) in [5.41, 5.74) is 3.96. The van der Waals surface area contributed by atoms with E-state index in [4.69, 9.17) is 9.57 Å². The van der Waals surface area contributed by atoms with Crippen molar-refractivity contribution in [3.05, 3.63) is 82.7 Å². The predicted molar refractivity (Wildman–Crippen MR) is 126 cm³/mol. The molecule has 2 aliphatic rings. The van der Waals surface area contributed by atoms with Crippen LogP contribution >= 0.6 is 0 Å². The second kappa shape index (κ2) is 9.48. The molecule has 35 heavy (non-hydrogen) atoms. The van der Waals surface area contributed by atoms with Crippen LogP contribution in [0.25, 0.3) is 11.8 Å². The monoisotopic (exact) mass is 482 g/mol. The van der Waals surface area contributed by atoms with Crippen molar-refractivity contribution in [3.8, 4) is 11.4 Å². The highest BCUT2D eigenvalue weighted by atomic mass is 19.2. The number of rotatable bonds is 4. The summed E-state index contributed by atoms with van der Waals surface area (Å²) in [6.45, 7) is 2.69. The van der Waals surface area contributed by atoms with Gasteiger partial charge in [-0.2, -0.15) is 0 Å². The molecule has 182 valence electrons. The molecule has 0 aliphatic carbocycles. The molecule has 3 heterocycles. The molecule has 1 aromatic heterocycles. The van der Waals surface area contributed by atoms with Crippen molar-refractivity contribution in [3.63, 3.8) is 0 Å². The van der Waals surface area contributed by atoms with E-state index in [0.717, 1.165) is 53.9 Å². The number of methoxy groups -OCH3 is 1. The number of nitrogens with zero attached hydrogens (tertiary/aromatic N) is 4. The molecule has 1 saturated heterocycles. The van der Waals surface area contributed by atoms with E-state index in [1.807, 2.05) is 46.9 Å². The lowest BCUT2D eigenvalue weighted by atomic mass is 10.0. The molecular formula is C26H25F3N4O2. The second-order valence-electron chi connectivity index (χ2n) is 8.70. The van der Waals surface area contributed by atoms with Crippen LogP contribution in [0.3, 0.4) is 0 Å². The number of aromatic nitrogens is 2. The van der Waals surface area contributed by atoms with Crippen molar-refractivity contribution in [2.75, 3.05) is 20.3 Å². The minimum absolute atomic E-state index is 0.119. The summed E-state index contributed by atoms with van der Waals surface area (Å²) in [6, 6.07) is 7.49. The smallest absolute Gasteiger partial charge is 0.194 e. The molecule has 2 aromatic carbocycles. The van der Waals surface area contributed by atoms with Gasteiger partial charge in [0.2, 0.25) is 0 Å². The number of hydrogen-bond acceptors (Lipinski definition) is 5. The third-order valence-corrected chi connectivity index (χ3v) is 6.34. The Morgan fingerprint density at radius 3 is 2.63 bits per heavy atom. The third kappa shape index (κ3) is 4.50. The van der Waals surface area contributed by atoms with E-state index in [9.17, 15) is 13.2 Å². The van der Waals surface area contributed by atoms with Crippen LogP contribution in [0.15, 0.2) is 53.6 Å². The molecule has 1 fully saturated rings. The Bertz CT molecular complexity index is 1290. The number of fused-ring (bicyclic) bond motifs is 1. The van der Waals surface area contributed by atoms with Crippen molar-refractivity contribution >= 4 is 11.9 Å². The average Bonchev–Trinajstić information content (AvgIpc) is 3.19. The zero-order valence-corrected chi connectivity index (χ0v) is 19.5. The predicted octanol–water partition coefficient (Wildman–Crippen LogP) is 5.56. The summed E-state index contributed by atoms with van der Waals surface area (Å²) in [5, 5.41) is 4.31. The van der Waals surface area contributed by atoms with Crippen LogP contribution < -0.4 is 4.74 Å². The molecule has 5 rings (SSSR count). The van der Waals surface area contributed by atoms with Crippen molar-refractivity contribution in [2.45, 2.75) is 32.2 Å². The summed E-state index contributed by atoms with van der Waals surface area (Å²) in [6.07, 6.45) is 8.26. The van der Waals surface area contributed by atoms with E-state index >= 15 is 0 Å². The second-order valence-corrected chi connectivity index (χ2v) is 8.70. The molecular weight excluding hydrogens is 457 g/mol. The summed E-state index contributed by atoms with van der Waals surface area (Å²) >= 11 is 0. The highest BCUT2D eigenvalue weighted by Crippen LogP contribution is 2.34. The number of aryl methyl sites for hydroxylation is 1. The highest BCUT2D eigenvalue weighted by molar-refractivity contribution is 6.02. The van der Waals surface area contributed by atoms with Gasteiger partial charge in [-0.05, 0) is 73.2 Å². The number of hydrogen-bond donors (Lipinski definition) is 0. The Balaban J connectivity index is 1.49. The molecule has 0 spiro atoms. The Labute approximate surface area is 201 Å². The molecule has 0 radical (unpaired) electrons. The fourth-order valence-corrected chi connectivity index (χ4v) is 4.61. The lowest BCUT2D eigenvalue weighted by molar-refractivity contribution is 0.0611. The number of amidine groups is 1. The zero-order chi connectivity index (χ0) is 24.5. The first kappa shape index (κ1) is 23.0. The summed E-state index contributed by atoms with van der Waals surface area (Å²) in [4.78, 5) is 11.8. The largest absolute Gasteiger partial charge is 0.495 e. The number of oxime groups is 1. The Hall–Kier alpha value is -3.75. The first-order valence-corrected chi connectivity index (χ1v) is 11.5. The van der Waals surface area contributed by atoms with Gasteiger partial charge in [-0.15, -0.1) is 0 Å². The topological polar surface area (TPSA) is 51.9 Å². The molecule has 6 nitrogen and oxygen atoms in total. The van der Waals surface area contributed by atoms with Crippen LogP contribution in [-0.4, -0.2) is 40.5 Å². The quantitative estimate of drug-likeness (QED) is 0.457.